The molecule has 1 saturated heterocycles. The average molecular weight is 288 g/mol. The lowest BCUT2D eigenvalue weighted by molar-refractivity contribution is -0.148. The first-order valence-electron chi connectivity index (χ1n) is 6.35. The van der Waals surface area contributed by atoms with Crippen molar-refractivity contribution in [3.63, 3.8) is 0 Å². The molecule has 1 heterocycles. The third-order valence-electron chi connectivity index (χ3n) is 3.32. The summed E-state index contributed by atoms with van der Waals surface area (Å²) in [4.78, 5) is 35.5. The van der Waals surface area contributed by atoms with Crippen molar-refractivity contribution in [3.05, 3.63) is 0 Å². The van der Waals surface area contributed by atoms with E-state index in [9.17, 15) is 14.4 Å². The molecule has 0 aliphatic carbocycles. The molecule has 1 atom stereocenters. The molecule has 20 heavy (non-hydrogen) atoms. The Labute approximate surface area is 117 Å². The number of rotatable bonds is 5. The number of esters is 1. The molecule has 1 fully saturated rings. The number of carbonyl (C=O) groups is 3. The predicted molar refractivity (Wildman–Crippen MR) is 68.1 cm³/mol. The number of ether oxygens (including phenoxy) is 2. The van der Waals surface area contributed by atoms with E-state index in [1.54, 1.807) is 4.90 Å². The third-order valence-corrected chi connectivity index (χ3v) is 3.32. The molecule has 2 N–H and O–H groups in total. The molecule has 1 unspecified atom stereocenters. The molecular weight excluding hydrogens is 268 g/mol. The van der Waals surface area contributed by atoms with Crippen LogP contribution in [0.2, 0.25) is 0 Å². The zero-order valence-electron chi connectivity index (χ0n) is 11.6. The number of methoxy groups -OCH3 is 2. The number of aliphatic carboxylic acids is 1. The summed E-state index contributed by atoms with van der Waals surface area (Å²) in [6.45, 7) is 0.786. The molecular formula is C12H20N2O6. The molecule has 0 aromatic rings. The van der Waals surface area contributed by atoms with Gasteiger partial charge in [0.2, 0.25) is 0 Å². The number of likely N-dealkylation sites (tertiary alicyclic amines) is 1. The van der Waals surface area contributed by atoms with E-state index in [0.717, 1.165) is 0 Å². The molecule has 0 radical (unpaired) electrons. The lowest BCUT2D eigenvalue weighted by Gasteiger charge is -2.30. The van der Waals surface area contributed by atoms with Crippen LogP contribution >= 0.6 is 0 Å². The molecule has 8 nitrogen and oxygen atoms in total. The number of carboxylic acids is 1. The molecule has 0 bridgehead atoms. The Morgan fingerprint density at radius 2 is 1.90 bits per heavy atom. The average Bonchev–Trinajstić information content (AvgIpc) is 2.46. The van der Waals surface area contributed by atoms with Crippen LogP contribution in [0.3, 0.4) is 0 Å². The van der Waals surface area contributed by atoms with E-state index in [4.69, 9.17) is 9.84 Å². The van der Waals surface area contributed by atoms with Gasteiger partial charge in [0.05, 0.1) is 19.6 Å². The molecule has 8 heteroatoms. The molecule has 0 aromatic carbocycles. The second kappa shape index (κ2) is 7.68. The van der Waals surface area contributed by atoms with Gasteiger partial charge < -0.3 is 24.8 Å². The normalized spacial score (nSPS) is 17.4. The predicted octanol–water partition coefficient (Wildman–Crippen LogP) is -0.319. The summed E-state index contributed by atoms with van der Waals surface area (Å²) in [5, 5.41) is 11.3. The molecule has 0 saturated carbocycles. The van der Waals surface area contributed by atoms with Crippen molar-refractivity contribution in [2.24, 2.45) is 5.92 Å². The summed E-state index contributed by atoms with van der Waals surface area (Å²) in [5.41, 5.74) is 0. The Morgan fingerprint density at radius 1 is 1.30 bits per heavy atom. The van der Waals surface area contributed by atoms with Gasteiger partial charge in [0, 0.05) is 20.2 Å². The number of carboxylic acid groups (broad SMARTS) is 1. The van der Waals surface area contributed by atoms with E-state index in [1.807, 2.05) is 0 Å². The standard InChI is InChI=1S/C12H20N2O6/c1-19-9(10(15)16)7-13-12(18)14-5-3-8(4-6-14)11(17)20-2/h8-9H,3-7H2,1-2H3,(H,13,18)(H,15,16). The van der Waals surface area contributed by atoms with Crippen LogP contribution < -0.4 is 5.32 Å². The number of amides is 2. The monoisotopic (exact) mass is 288 g/mol. The highest BCUT2D eigenvalue weighted by molar-refractivity contribution is 5.77. The van der Waals surface area contributed by atoms with Crippen LogP contribution in [0.25, 0.3) is 0 Å². The van der Waals surface area contributed by atoms with Crippen LogP contribution in [0.5, 0.6) is 0 Å². The first kappa shape index (κ1) is 16.2. The maximum atomic E-state index is 11.8. The first-order chi connectivity index (χ1) is 9.49. The Kier molecular flexibility index (Phi) is 6.23. The minimum Gasteiger partial charge on any atom is -0.479 e. The summed E-state index contributed by atoms with van der Waals surface area (Å²) >= 11 is 0. The molecule has 0 aromatic heterocycles. The van der Waals surface area contributed by atoms with Crippen molar-refractivity contribution in [2.75, 3.05) is 33.9 Å². The van der Waals surface area contributed by atoms with Gasteiger partial charge in [0.15, 0.2) is 6.10 Å². The SMILES string of the molecule is COC(=O)C1CCN(C(=O)NCC(OC)C(=O)O)CC1. The minimum absolute atomic E-state index is 0.0956. The van der Waals surface area contributed by atoms with Crippen LogP contribution in [0.1, 0.15) is 12.8 Å². The molecule has 1 aliphatic heterocycles. The van der Waals surface area contributed by atoms with Gasteiger partial charge in [-0.15, -0.1) is 0 Å². The van der Waals surface area contributed by atoms with Gasteiger partial charge in [0.25, 0.3) is 0 Å². The van der Waals surface area contributed by atoms with E-state index < -0.39 is 12.1 Å². The summed E-state index contributed by atoms with van der Waals surface area (Å²) in [6, 6.07) is -0.350. The number of carbonyl (C=O) groups excluding carboxylic acids is 2. The topological polar surface area (TPSA) is 105 Å². The fourth-order valence-corrected chi connectivity index (χ4v) is 2.05. The van der Waals surface area contributed by atoms with E-state index >= 15 is 0 Å². The van der Waals surface area contributed by atoms with Crippen LogP contribution in [-0.2, 0) is 19.1 Å². The Balaban J connectivity index is 2.36. The number of piperidine rings is 1. The van der Waals surface area contributed by atoms with Gasteiger partial charge >= 0.3 is 18.0 Å². The highest BCUT2D eigenvalue weighted by Crippen LogP contribution is 2.18. The van der Waals surface area contributed by atoms with Crippen molar-refractivity contribution in [1.82, 2.24) is 10.2 Å². The van der Waals surface area contributed by atoms with Gasteiger partial charge in [-0.25, -0.2) is 9.59 Å². The van der Waals surface area contributed by atoms with Gasteiger partial charge in [-0.2, -0.15) is 0 Å². The first-order valence-corrected chi connectivity index (χ1v) is 6.35. The number of hydrogen-bond donors (Lipinski definition) is 2. The second-order valence-corrected chi connectivity index (χ2v) is 4.53. The van der Waals surface area contributed by atoms with Crippen molar-refractivity contribution < 1.29 is 29.0 Å². The maximum Gasteiger partial charge on any atom is 0.334 e. The molecule has 1 aliphatic rings. The minimum atomic E-state index is -1.13. The van der Waals surface area contributed by atoms with Gasteiger partial charge in [-0.1, -0.05) is 0 Å². The summed E-state index contributed by atoms with van der Waals surface area (Å²) in [5.74, 6) is -1.55. The smallest absolute Gasteiger partial charge is 0.334 e. The zero-order chi connectivity index (χ0) is 15.1. The Morgan fingerprint density at radius 3 is 2.35 bits per heavy atom. The van der Waals surface area contributed by atoms with E-state index in [0.29, 0.717) is 25.9 Å². The van der Waals surface area contributed by atoms with E-state index in [2.05, 4.69) is 10.1 Å². The summed E-state index contributed by atoms with van der Waals surface area (Å²) in [7, 11) is 2.62. The quantitative estimate of drug-likeness (QED) is 0.672. The number of nitrogens with one attached hydrogen (secondary N) is 1. The fourth-order valence-electron chi connectivity index (χ4n) is 2.05. The molecule has 2 amide bonds. The van der Waals surface area contributed by atoms with Crippen molar-refractivity contribution in [2.45, 2.75) is 18.9 Å². The molecule has 1 rings (SSSR count). The van der Waals surface area contributed by atoms with Crippen LogP contribution in [0.4, 0.5) is 4.79 Å². The number of urea groups is 1. The maximum absolute atomic E-state index is 11.8. The summed E-state index contributed by atoms with van der Waals surface area (Å²) < 4.78 is 9.38. The molecule has 0 spiro atoms. The lowest BCUT2D eigenvalue weighted by Crippen LogP contribution is -2.48. The highest BCUT2D eigenvalue weighted by atomic mass is 16.5. The van der Waals surface area contributed by atoms with Crippen LogP contribution in [0.15, 0.2) is 0 Å². The van der Waals surface area contributed by atoms with Crippen molar-refractivity contribution in [1.29, 1.82) is 0 Å². The lowest BCUT2D eigenvalue weighted by atomic mass is 9.97. The Hall–Kier alpha value is -1.83. The van der Waals surface area contributed by atoms with Crippen LogP contribution in [-0.4, -0.2) is 67.9 Å². The van der Waals surface area contributed by atoms with E-state index in [1.165, 1.54) is 14.2 Å². The largest absolute Gasteiger partial charge is 0.479 e. The zero-order valence-corrected chi connectivity index (χ0v) is 11.6. The Bertz CT molecular complexity index is 365. The number of hydrogen-bond acceptors (Lipinski definition) is 5. The van der Waals surface area contributed by atoms with E-state index in [-0.39, 0.29) is 24.5 Å². The fraction of sp³-hybridized carbons (Fsp3) is 0.750. The third kappa shape index (κ3) is 4.37. The molecule has 114 valence electrons. The van der Waals surface area contributed by atoms with Gasteiger partial charge in [-0.05, 0) is 12.8 Å². The van der Waals surface area contributed by atoms with Crippen molar-refractivity contribution >= 4 is 18.0 Å². The second-order valence-electron chi connectivity index (χ2n) is 4.53. The van der Waals surface area contributed by atoms with Crippen molar-refractivity contribution in [3.8, 4) is 0 Å². The number of nitrogens with zero attached hydrogens (tertiary/aromatic N) is 1. The van der Waals surface area contributed by atoms with Gasteiger partial charge in [-0.3, -0.25) is 4.79 Å². The highest BCUT2D eigenvalue weighted by Gasteiger charge is 2.28. The summed E-state index contributed by atoms with van der Waals surface area (Å²) in [6.07, 6.45) is 0.0333. The van der Waals surface area contributed by atoms with Gasteiger partial charge in [0.1, 0.15) is 0 Å². The van der Waals surface area contributed by atoms with Crippen LogP contribution in [0, 0.1) is 5.92 Å².